The van der Waals surface area contributed by atoms with Crippen LogP contribution in [0.3, 0.4) is 0 Å². The molecule has 0 N–H and O–H groups in total. The van der Waals surface area contributed by atoms with Gasteiger partial charge in [0.2, 0.25) is 0 Å². The summed E-state index contributed by atoms with van der Waals surface area (Å²) in [6, 6.07) is 43.2. The predicted molar refractivity (Wildman–Crippen MR) is 164 cm³/mol. The van der Waals surface area contributed by atoms with E-state index in [0.717, 1.165) is 28.1 Å². The van der Waals surface area contributed by atoms with Crippen LogP contribution in [0.4, 0.5) is 0 Å². The molecule has 4 nitrogen and oxygen atoms in total. The Morgan fingerprint density at radius 1 is 0.500 bits per heavy atom. The molecule has 4 heteroatoms. The van der Waals surface area contributed by atoms with E-state index in [1.54, 1.807) is 0 Å². The van der Waals surface area contributed by atoms with Gasteiger partial charge in [-0.2, -0.15) is 0 Å². The molecule has 9 aromatic rings. The summed E-state index contributed by atoms with van der Waals surface area (Å²) in [5, 5.41) is 4.93. The lowest BCUT2D eigenvalue weighted by atomic mass is 10.0. The molecule has 186 valence electrons. The van der Waals surface area contributed by atoms with Gasteiger partial charge in [0, 0.05) is 39.0 Å². The van der Waals surface area contributed by atoms with Gasteiger partial charge in [0.25, 0.3) is 0 Å². The third-order valence-corrected chi connectivity index (χ3v) is 8.18. The minimum atomic E-state index is 0.981. The maximum absolute atomic E-state index is 5.04. The van der Waals surface area contributed by atoms with E-state index in [4.69, 9.17) is 4.98 Å². The van der Waals surface area contributed by atoms with Gasteiger partial charge in [0.15, 0.2) is 0 Å². The SMILES string of the molecule is c1ccc(-c2nc3cccc4c5ccc(-c6ccc(-n7c8ccccc8c8ccncc87)cc6)cc5c2n34)cc1. The van der Waals surface area contributed by atoms with Gasteiger partial charge >= 0.3 is 0 Å². The normalized spacial score (nSPS) is 12.0. The summed E-state index contributed by atoms with van der Waals surface area (Å²) in [6.07, 6.45) is 3.82. The molecular weight excluding hydrogens is 488 g/mol. The Balaban J connectivity index is 1.22. The van der Waals surface area contributed by atoms with Crippen LogP contribution in [-0.2, 0) is 0 Å². The summed E-state index contributed by atoms with van der Waals surface area (Å²) in [5.74, 6) is 0. The van der Waals surface area contributed by atoms with E-state index in [1.807, 2.05) is 12.4 Å². The second-order valence-corrected chi connectivity index (χ2v) is 10.3. The van der Waals surface area contributed by atoms with Crippen molar-refractivity contribution in [1.29, 1.82) is 0 Å². The molecule has 0 saturated carbocycles. The van der Waals surface area contributed by atoms with Crippen LogP contribution in [-0.4, -0.2) is 18.9 Å². The Hall–Kier alpha value is -5.48. The third-order valence-electron chi connectivity index (χ3n) is 8.18. The van der Waals surface area contributed by atoms with E-state index in [9.17, 15) is 0 Å². The van der Waals surface area contributed by atoms with E-state index in [-0.39, 0.29) is 0 Å². The number of hydrogen-bond acceptors (Lipinski definition) is 2. The first-order valence-corrected chi connectivity index (χ1v) is 13.5. The topological polar surface area (TPSA) is 35.1 Å². The molecule has 0 radical (unpaired) electrons. The lowest BCUT2D eigenvalue weighted by molar-refractivity contribution is 1.17. The second kappa shape index (κ2) is 8.01. The second-order valence-electron chi connectivity index (χ2n) is 10.3. The highest BCUT2D eigenvalue weighted by molar-refractivity contribution is 6.15. The van der Waals surface area contributed by atoms with E-state index >= 15 is 0 Å². The summed E-state index contributed by atoms with van der Waals surface area (Å²) >= 11 is 0. The van der Waals surface area contributed by atoms with Crippen molar-refractivity contribution in [1.82, 2.24) is 18.9 Å². The number of nitrogens with zero attached hydrogens (tertiary/aromatic N) is 4. The average Bonchev–Trinajstić information content (AvgIpc) is 3.69. The molecule has 0 fully saturated rings. The van der Waals surface area contributed by atoms with E-state index in [1.165, 1.54) is 49.2 Å². The van der Waals surface area contributed by atoms with Crippen molar-refractivity contribution in [2.75, 3.05) is 0 Å². The van der Waals surface area contributed by atoms with Crippen LogP contribution >= 0.6 is 0 Å². The summed E-state index contributed by atoms with van der Waals surface area (Å²) < 4.78 is 4.60. The predicted octanol–water partition coefficient (Wildman–Crippen LogP) is 8.90. The number of hydrogen-bond donors (Lipinski definition) is 0. The number of fused-ring (bicyclic) bond motifs is 6. The highest BCUT2D eigenvalue weighted by Gasteiger charge is 2.19. The molecule has 0 amide bonds. The fourth-order valence-electron chi connectivity index (χ4n) is 6.39. The number of benzene rings is 4. The van der Waals surface area contributed by atoms with Gasteiger partial charge in [-0.3, -0.25) is 9.38 Å². The van der Waals surface area contributed by atoms with Crippen molar-refractivity contribution in [3.8, 4) is 28.1 Å². The minimum absolute atomic E-state index is 0.981. The molecule has 0 aliphatic rings. The lowest BCUT2D eigenvalue weighted by Gasteiger charge is -2.09. The Bertz CT molecular complexity index is 2310. The van der Waals surface area contributed by atoms with Crippen LogP contribution < -0.4 is 0 Å². The van der Waals surface area contributed by atoms with Crippen molar-refractivity contribution < 1.29 is 0 Å². The van der Waals surface area contributed by atoms with Crippen LogP contribution in [0.2, 0.25) is 0 Å². The molecule has 0 unspecified atom stereocenters. The zero-order chi connectivity index (χ0) is 26.2. The molecule has 0 aliphatic heterocycles. The Morgan fingerprint density at radius 3 is 2.15 bits per heavy atom. The Morgan fingerprint density at radius 2 is 1.25 bits per heavy atom. The van der Waals surface area contributed by atoms with Crippen LogP contribution in [0.5, 0.6) is 0 Å². The molecule has 0 spiro atoms. The molecular formula is C36H22N4. The van der Waals surface area contributed by atoms with Crippen molar-refractivity contribution in [2.45, 2.75) is 0 Å². The minimum Gasteiger partial charge on any atom is -0.308 e. The zero-order valence-corrected chi connectivity index (χ0v) is 21.5. The summed E-state index contributed by atoms with van der Waals surface area (Å²) in [4.78, 5) is 9.46. The number of imidazole rings is 1. The molecule has 0 aliphatic carbocycles. The highest BCUT2D eigenvalue weighted by atomic mass is 15.0. The number of rotatable bonds is 3. The number of para-hydroxylation sites is 1. The monoisotopic (exact) mass is 510 g/mol. The molecule has 40 heavy (non-hydrogen) atoms. The van der Waals surface area contributed by atoms with Gasteiger partial charge in [-0.15, -0.1) is 0 Å². The Labute approximate surface area is 229 Å². The standard InChI is InChI=1S/C36H22N4/c1-2-7-24(8-3-1)35-36-30-21-25(15-18-28(30)32-11-6-12-34(38-35)40(32)36)23-13-16-26(17-14-23)39-31-10-5-4-9-27(31)29-19-20-37-22-33(29)39/h1-22H. The van der Waals surface area contributed by atoms with Gasteiger partial charge in [0.1, 0.15) is 5.65 Å². The van der Waals surface area contributed by atoms with Gasteiger partial charge in [0.05, 0.1) is 34.0 Å². The molecule has 0 saturated heterocycles. The first kappa shape index (κ1) is 21.5. The van der Waals surface area contributed by atoms with Crippen LogP contribution in [0.25, 0.3) is 77.3 Å². The lowest BCUT2D eigenvalue weighted by Crippen LogP contribution is -1.93. The molecule has 0 atom stereocenters. The van der Waals surface area contributed by atoms with Crippen molar-refractivity contribution in [3.63, 3.8) is 0 Å². The first-order valence-electron chi connectivity index (χ1n) is 13.5. The van der Waals surface area contributed by atoms with E-state index < -0.39 is 0 Å². The highest BCUT2D eigenvalue weighted by Crippen LogP contribution is 2.39. The van der Waals surface area contributed by atoms with Crippen LogP contribution in [0.1, 0.15) is 0 Å². The quantitative estimate of drug-likeness (QED) is 0.238. The number of aromatic nitrogens is 4. The van der Waals surface area contributed by atoms with Crippen LogP contribution in [0, 0.1) is 0 Å². The summed E-state index contributed by atoms with van der Waals surface area (Å²) in [7, 11) is 0. The Kier molecular flexibility index (Phi) is 4.30. The van der Waals surface area contributed by atoms with Crippen molar-refractivity contribution in [3.05, 3.63) is 134 Å². The maximum atomic E-state index is 5.04. The maximum Gasteiger partial charge on any atom is 0.138 e. The van der Waals surface area contributed by atoms with E-state index in [0.29, 0.717) is 0 Å². The van der Waals surface area contributed by atoms with Crippen LogP contribution in [0.15, 0.2) is 134 Å². The van der Waals surface area contributed by atoms with Gasteiger partial charge in [-0.1, -0.05) is 78.9 Å². The zero-order valence-electron chi connectivity index (χ0n) is 21.5. The van der Waals surface area contributed by atoms with Crippen molar-refractivity contribution >= 4 is 49.3 Å². The van der Waals surface area contributed by atoms with Crippen molar-refractivity contribution in [2.24, 2.45) is 0 Å². The summed E-state index contributed by atoms with van der Waals surface area (Å²) in [6.45, 7) is 0. The number of pyridine rings is 2. The largest absolute Gasteiger partial charge is 0.308 e. The molecule has 5 heterocycles. The van der Waals surface area contributed by atoms with Gasteiger partial charge in [-0.05, 0) is 53.6 Å². The van der Waals surface area contributed by atoms with Gasteiger partial charge < -0.3 is 4.57 Å². The van der Waals surface area contributed by atoms with Gasteiger partial charge in [-0.25, -0.2) is 4.98 Å². The molecule has 4 aromatic carbocycles. The third kappa shape index (κ3) is 2.90. The molecule has 9 rings (SSSR count). The smallest absolute Gasteiger partial charge is 0.138 e. The fourth-order valence-corrected chi connectivity index (χ4v) is 6.39. The summed E-state index contributed by atoms with van der Waals surface area (Å²) in [5.41, 5.74) is 11.3. The molecule has 5 aromatic heterocycles. The average molecular weight is 511 g/mol. The molecule has 0 bridgehead atoms. The first-order chi connectivity index (χ1) is 19.8. The fraction of sp³-hybridized carbons (Fsp3) is 0. The van der Waals surface area contributed by atoms with E-state index in [2.05, 4.69) is 135 Å².